The number of halogens is 1. The number of nitrogens with one attached hydrogen (secondary N) is 1. The molecule has 1 unspecified atom stereocenters. The first-order chi connectivity index (χ1) is 10.5. The van der Waals surface area contributed by atoms with Crippen LogP contribution in [-0.4, -0.2) is 17.8 Å². The Labute approximate surface area is 134 Å². The largest absolute Gasteiger partial charge is 0.351 e. The van der Waals surface area contributed by atoms with Crippen molar-refractivity contribution in [2.75, 3.05) is 4.90 Å². The lowest BCUT2D eigenvalue weighted by molar-refractivity contribution is -0.119. The average Bonchev–Trinajstić information content (AvgIpc) is 3.07. The zero-order valence-electron chi connectivity index (χ0n) is 11.1. The summed E-state index contributed by atoms with van der Waals surface area (Å²) in [6, 6.07) is 6.10. The number of primary amides is 1. The quantitative estimate of drug-likeness (QED) is 0.881. The van der Waals surface area contributed by atoms with Crippen molar-refractivity contribution in [3.05, 3.63) is 51.2 Å². The van der Waals surface area contributed by atoms with Crippen LogP contribution >= 0.6 is 22.9 Å². The van der Waals surface area contributed by atoms with Gasteiger partial charge in [-0.25, -0.2) is 9.69 Å². The minimum atomic E-state index is -0.990. The summed E-state index contributed by atoms with van der Waals surface area (Å²) >= 11 is 7.20. The fraction of sp³-hybridized carbons (Fsp3) is 0.0714. The Hall–Kier alpha value is -2.38. The molecule has 1 atom stereocenters. The number of imide groups is 1. The van der Waals surface area contributed by atoms with Crippen LogP contribution in [0.1, 0.15) is 21.3 Å². The number of hydrogen-bond donors (Lipinski definition) is 2. The van der Waals surface area contributed by atoms with Gasteiger partial charge >= 0.3 is 6.03 Å². The lowest BCUT2D eigenvalue weighted by Gasteiger charge is -2.13. The average molecular weight is 336 g/mol. The molecular formula is C14H10ClN3O3S. The molecule has 1 aliphatic heterocycles. The number of carbonyl (C=O) groups is 3. The van der Waals surface area contributed by atoms with E-state index in [1.807, 2.05) is 0 Å². The maximum Gasteiger partial charge on any atom is 0.326 e. The number of amides is 4. The van der Waals surface area contributed by atoms with Crippen LogP contribution in [0.25, 0.3) is 0 Å². The Bertz CT molecular complexity index is 776. The highest BCUT2D eigenvalue weighted by molar-refractivity contribution is 7.12. The van der Waals surface area contributed by atoms with Crippen LogP contribution in [0, 0.1) is 0 Å². The maximum absolute atomic E-state index is 12.4. The zero-order valence-corrected chi connectivity index (χ0v) is 12.6. The molecule has 1 aliphatic rings. The lowest BCUT2D eigenvalue weighted by atomic mass is 10.1. The van der Waals surface area contributed by atoms with Gasteiger partial charge in [-0.15, -0.1) is 11.3 Å². The molecule has 0 bridgehead atoms. The Morgan fingerprint density at radius 2 is 2.09 bits per heavy atom. The van der Waals surface area contributed by atoms with Crippen molar-refractivity contribution in [3.63, 3.8) is 0 Å². The highest BCUT2D eigenvalue weighted by Crippen LogP contribution is 2.37. The van der Waals surface area contributed by atoms with Gasteiger partial charge in [0.05, 0.1) is 10.6 Å². The van der Waals surface area contributed by atoms with Crippen molar-refractivity contribution < 1.29 is 14.4 Å². The van der Waals surface area contributed by atoms with E-state index in [-0.39, 0.29) is 0 Å². The van der Waals surface area contributed by atoms with E-state index in [0.29, 0.717) is 21.2 Å². The fourth-order valence-electron chi connectivity index (χ4n) is 2.32. The molecule has 8 heteroatoms. The summed E-state index contributed by atoms with van der Waals surface area (Å²) in [4.78, 5) is 37.4. The summed E-state index contributed by atoms with van der Waals surface area (Å²) in [5, 5.41) is 4.77. The topological polar surface area (TPSA) is 92.5 Å². The van der Waals surface area contributed by atoms with Crippen molar-refractivity contribution in [2.24, 2.45) is 5.73 Å². The molecule has 0 aliphatic carbocycles. The predicted octanol–water partition coefficient (Wildman–Crippen LogP) is 2.30. The second kappa shape index (κ2) is 5.43. The first-order valence-electron chi connectivity index (χ1n) is 6.26. The summed E-state index contributed by atoms with van der Waals surface area (Å²) in [6.07, 6.45) is 0. The molecule has 0 saturated heterocycles. The standard InChI is InChI=1S/C14H10ClN3O3S/c15-7-3-4-9-8(6-7)11(13(20)18(9)14(16)21)17-12(19)10-2-1-5-22-10/h1-6,11H,(H2,16,21)(H,17,19). The molecule has 0 fully saturated rings. The molecule has 22 heavy (non-hydrogen) atoms. The summed E-state index contributed by atoms with van der Waals surface area (Å²) in [6.45, 7) is 0. The van der Waals surface area contributed by atoms with Crippen molar-refractivity contribution in [2.45, 2.75) is 6.04 Å². The molecular weight excluding hydrogens is 326 g/mol. The molecule has 1 aromatic heterocycles. The van der Waals surface area contributed by atoms with Crippen molar-refractivity contribution in [1.29, 1.82) is 0 Å². The highest BCUT2D eigenvalue weighted by Gasteiger charge is 2.41. The Kier molecular flexibility index (Phi) is 3.59. The number of nitrogens with two attached hydrogens (primary N) is 1. The van der Waals surface area contributed by atoms with Gasteiger partial charge in [0.15, 0.2) is 0 Å². The van der Waals surface area contributed by atoms with Crippen molar-refractivity contribution >= 4 is 46.5 Å². The normalized spacial score (nSPS) is 16.5. The van der Waals surface area contributed by atoms with Gasteiger partial charge in [0.2, 0.25) is 0 Å². The Morgan fingerprint density at radius 3 is 2.73 bits per heavy atom. The van der Waals surface area contributed by atoms with Crippen LogP contribution in [-0.2, 0) is 4.79 Å². The van der Waals surface area contributed by atoms with Crippen LogP contribution in [0.2, 0.25) is 5.02 Å². The molecule has 0 spiro atoms. The number of carbonyl (C=O) groups excluding carboxylic acids is 3. The van der Waals surface area contributed by atoms with Gasteiger partial charge < -0.3 is 11.1 Å². The zero-order chi connectivity index (χ0) is 15.9. The third-order valence-electron chi connectivity index (χ3n) is 3.25. The van der Waals surface area contributed by atoms with Crippen LogP contribution in [0.4, 0.5) is 10.5 Å². The summed E-state index contributed by atoms with van der Waals surface area (Å²) in [5.74, 6) is -1.000. The minimum Gasteiger partial charge on any atom is -0.351 e. The van der Waals surface area contributed by atoms with Gasteiger partial charge in [-0.2, -0.15) is 0 Å². The molecule has 3 rings (SSSR count). The second-order valence-corrected chi connectivity index (χ2v) is 5.98. The molecule has 112 valence electrons. The van der Waals surface area contributed by atoms with Crippen LogP contribution < -0.4 is 16.0 Å². The minimum absolute atomic E-state index is 0.332. The maximum atomic E-state index is 12.4. The van der Waals surface area contributed by atoms with E-state index < -0.39 is 23.9 Å². The van der Waals surface area contributed by atoms with E-state index >= 15 is 0 Å². The number of anilines is 1. The van der Waals surface area contributed by atoms with E-state index in [1.165, 1.54) is 23.5 Å². The third kappa shape index (κ3) is 2.34. The highest BCUT2D eigenvalue weighted by atomic mass is 35.5. The number of thiophene rings is 1. The smallest absolute Gasteiger partial charge is 0.326 e. The molecule has 4 amide bonds. The van der Waals surface area contributed by atoms with Crippen molar-refractivity contribution in [1.82, 2.24) is 5.32 Å². The number of fused-ring (bicyclic) bond motifs is 1. The molecule has 6 nitrogen and oxygen atoms in total. The van der Waals surface area contributed by atoms with Gasteiger partial charge in [-0.05, 0) is 29.6 Å². The van der Waals surface area contributed by atoms with E-state index in [9.17, 15) is 14.4 Å². The first kappa shape index (κ1) is 14.6. The number of benzene rings is 1. The van der Waals surface area contributed by atoms with Crippen molar-refractivity contribution in [3.8, 4) is 0 Å². The fourth-order valence-corrected chi connectivity index (χ4v) is 3.13. The van der Waals surface area contributed by atoms with Crippen LogP contribution in [0.5, 0.6) is 0 Å². The van der Waals surface area contributed by atoms with Gasteiger partial charge in [0.25, 0.3) is 11.8 Å². The van der Waals surface area contributed by atoms with Crippen LogP contribution in [0.15, 0.2) is 35.7 Å². The van der Waals surface area contributed by atoms with E-state index in [1.54, 1.807) is 23.6 Å². The number of urea groups is 1. The Balaban J connectivity index is 1.98. The van der Waals surface area contributed by atoms with E-state index in [2.05, 4.69) is 5.32 Å². The molecule has 1 aromatic carbocycles. The number of hydrogen-bond acceptors (Lipinski definition) is 4. The van der Waals surface area contributed by atoms with Gasteiger partial charge in [-0.3, -0.25) is 9.59 Å². The monoisotopic (exact) mass is 335 g/mol. The molecule has 0 saturated carbocycles. The summed E-state index contributed by atoms with van der Waals surface area (Å²) in [5.41, 5.74) is 6.03. The molecule has 3 N–H and O–H groups in total. The molecule has 2 heterocycles. The van der Waals surface area contributed by atoms with Gasteiger partial charge in [0, 0.05) is 10.6 Å². The molecule has 0 radical (unpaired) electrons. The Morgan fingerprint density at radius 1 is 1.32 bits per heavy atom. The third-order valence-corrected chi connectivity index (χ3v) is 4.35. The summed E-state index contributed by atoms with van der Waals surface area (Å²) < 4.78 is 0. The molecule has 2 aromatic rings. The number of nitrogens with zero attached hydrogens (tertiary/aromatic N) is 1. The van der Waals surface area contributed by atoms with Crippen LogP contribution in [0.3, 0.4) is 0 Å². The van der Waals surface area contributed by atoms with E-state index in [0.717, 1.165) is 4.90 Å². The summed E-state index contributed by atoms with van der Waals surface area (Å²) in [7, 11) is 0. The van der Waals surface area contributed by atoms with E-state index in [4.69, 9.17) is 17.3 Å². The van der Waals surface area contributed by atoms with Gasteiger partial charge in [-0.1, -0.05) is 17.7 Å². The lowest BCUT2D eigenvalue weighted by Crippen LogP contribution is -2.42. The number of rotatable bonds is 2. The SMILES string of the molecule is NC(=O)N1C(=O)C(NC(=O)c2cccs2)c2cc(Cl)ccc21. The first-order valence-corrected chi connectivity index (χ1v) is 7.52. The predicted molar refractivity (Wildman–Crippen MR) is 83.0 cm³/mol. The second-order valence-electron chi connectivity index (χ2n) is 4.60. The van der Waals surface area contributed by atoms with Gasteiger partial charge in [0.1, 0.15) is 6.04 Å².